The van der Waals surface area contributed by atoms with Crippen LogP contribution in [0.4, 0.5) is 0 Å². The molecule has 2 heterocycles. The number of carbonyl (C=O) groups excluding carboxylic acids is 1. The summed E-state index contributed by atoms with van der Waals surface area (Å²) in [5, 5.41) is 10.7. The first-order valence-electron chi connectivity index (χ1n) is 9.08. The van der Waals surface area contributed by atoms with Crippen LogP contribution < -0.4 is 5.56 Å². The van der Waals surface area contributed by atoms with E-state index in [1.165, 1.54) is 40.8 Å². The molecule has 7 heteroatoms. The maximum Gasteiger partial charge on any atom is 0.263 e. The van der Waals surface area contributed by atoms with Gasteiger partial charge in [0.25, 0.3) is 5.56 Å². The number of Topliss-reactive ketones (excluding diaryl/α,β-unsaturated/α-hetero) is 1. The smallest absolute Gasteiger partial charge is 0.263 e. The molecular formula is C20H20N2O3S2. The molecule has 1 aliphatic rings. The van der Waals surface area contributed by atoms with Gasteiger partial charge < -0.3 is 5.11 Å². The molecule has 0 bridgehead atoms. The summed E-state index contributed by atoms with van der Waals surface area (Å²) < 4.78 is 1.68. The average molecular weight is 401 g/mol. The van der Waals surface area contributed by atoms with Crippen molar-refractivity contribution in [3.63, 3.8) is 0 Å². The van der Waals surface area contributed by atoms with Crippen LogP contribution in [0.15, 0.2) is 34.2 Å². The van der Waals surface area contributed by atoms with Crippen molar-refractivity contribution in [3.8, 4) is 5.75 Å². The van der Waals surface area contributed by atoms with Gasteiger partial charge >= 0.3 is 0 Å². The van der Waals surface area contributed by atoms with E-state index in [0.29, 0.717) is 17.3 Å². The second-order valence-corrected chi connectivity index (χ2v) is 8.62. The van der Waals surface area contributed by atoms with E-state index in [-0.39, 0.29) is 22.8 Å². The molecule has 140 valence electrons. The van der Waals surface area contributed by atoms with Crippen LogP contribution in [0.1, 0.15) is 40.6 Å². The lowest BCUT2D eigenvalue weighted by atomic mass is 9.97. The van der Waals surface area contributed by atoms with Crippen molar-refractivity contribution < 1.29 is 9.90 Å². The van der Waals surface area contributed by atoms with Gasteiger partial charge in [-0.25, -0.2) is 4.98 Å². The number of ketones is 1. The second-order valence-electron chi connectivity index (χ2n) is 6.59. The summed E-state index contributed by atoms with van der Waals surface area (Å²) in [4.78, 5) is 32.3. The topological polar surface area (TPSA) is 72.2 Å². The summed E-state index contributed by atoms with van der Waals surface area (Å²) in [7, 11) is 0. The van der Waals surface area contributed by atoms with Gasteiger partial charge in [-0.3, -0.25) is 14.2 Å². The fourth-order valence-corrected chi connectivity index (χ4v) is 5.73. The van der Waals surface area contributed by atoms with E-state index < -0.39 is 0 Å². The summed E-state index contributed by atoms with van der Waals surface area (Å²) in [6.07, 6.45) is 4.29. The number of rotatable bonds is 5. The molecule has 0 fully saturated rings. The largest absolute Gasteiger partial charge is 0.508 e. The Labute approximate surface area is 165 Å². The van der Waals surface area contributed by atoms with Crippen LogP contribution in [-0.2, 0) is 19.4 Å². The Morgan fingerprint density at radius 2 is 2.00 bits per heavy atom. The van der Waals surface area contributed by atoms with E-state index in [9.17, 15) is 14.7 Å². The Hall–Kier alpha value is -2.12. The zero-order valence-electron chi connectivity index (χ0n) is 15.0. The van der Waals surface area contributed by atoms with Crippen LogP contribution in [-0.4, -0.2) is 26.2 Å². The van der Waals surface area contributed by atoms with Crippen LogP contribution >= 0.6 is 23.1 Å². The highest BCUT2D eigenvalue weighted by Gasteiger charge is 2.22. The highest BCUT2D eigenvalue weighted by atomic mass is 32.2. The summed E-state index contributed by atoms with van der Waals surface area (Å²) >= 11 is 2.93. The minimum atomic E-state index is -0.0533. The van der Waals surface area contributed by atoms with Crippen LogP contribution in [0.3, 0.4) is 0 Å². The summed E-state index contributed by atoms with van der Waals surface area (Å²) in [6, 6.07) is 6.21. The minimum absolute atomic E-state index is 0.0153. The number of benzene rings is 1. The number of hydrogen-bond acceptors (Lipinski definition) is 6. The summed E-state index contributed by atoms with van der Waals surface area (Å²) in [5.41, 5.74) is 1.75. The molecule has 1 N–H and O–H groups in total. The number of hydrogen-bond donors (Lipinski definition) is 1. The number of phenols is 1. The Morgan fingerprint density at radius 1 is 1.26 bits per heavy atom. The number of aromatic nitrogens is 2. The molecule has 0 atom stereocenters. The predicted molar refractivity (Wildman–Crippen MR) is 109 cm³/mol. The molecule has 2 aromatic heterocycles. The predicted octanol–water partition coefficient (Wildman–Crippen LogP) is 4.04. The fraction of sp³-hybridized carbons (Fsp3) is 0.350. The number of carbonyl (C=O) groups is 1. The van der Waals surface area contributed by atoms with E-state index in [4.69, 9.17) is 4.98 Å². The van der Waals surface area contributed by atoms with Gasteiger partial charge in [-0.15, -0.1) is 11.3 Å². The first-order valence-corrected chi connectivity index (χ1v) is 10.9. The molecule has 1 aliphatic carbocycles. The molecule has 0 amide bonds. The Kier molecular flexibility index (Phi) is 5.06. The molecule has 0 saturated heterocycles. The SMILES string of the molecule is CCn1c(SCC(=O)c2ccc(O)cc2)nc2sc3c(c2c1=O)CCCC3. The Morgan fingerprint density at radius 3 is 2.74 bits per heavy atom. The van der Waals surface area contributed by atoms with Crippen LogP contribution in [0.25, 0.3) is 10.2 Å². The first kappa shape index (κ1) is 18.3. The van der Waals surface area contributed by atoms with Crippen molar-refractivity contribution in [3.05, 3.63) is 50.6 Å². The maximum absolute atomic E-state index is 13.1. The van der Waals surface area contributed by atoms with Gasteiger partial charge in [-0.2, -0.15) is 0 Å². The quantitative estimate of drug-likeness (QED) is 0.398. The van der Waals surface area contributed by atoms with Crippen LogP contribution in [0.5, 0.6) is 5.75 Å². The van der Waals surface area contributed by atoms with Crippen molar-refractivity contribution in [2.24, 2.45) is 0 Å². The number of thiophene rings is 1. The molecule has 27 heavy (non-hydrogen) atoms. The maximum atomic E-state index is 13.1. The Bertz CT molecular complexity index is 1070. The van der Waals surface area contributed by atoms with Gasteiger partial charge in [0, 0.05) is 17.0 Å². The molecular weight excluding hydrogens is 380 g/mol. The first-order chi connectivity index (χ1) is 13.1. The molecule has 0 radical (unpaired) electrons. The van der Waals surface area contributed by atoms with Crippen molar-refractivity contribution in [1.29, 1.82) is 0 Å². The number of thioether (sulfide) groups is 1. The van der Waals surface area contributed by atoms with Gasteiger partial charge in [-0.05, 0) is 62.4 Å². The van der Waals surface area contributed by atoms with Gasteiger partial charge in [0.05, 0.1) is 11.1 Å². The number of phenolic OH excluding ortho intramolecular Hbond substituents is 1. The highest BCUT2D eigenvalue weighted by molar-refractivity contribution is 7.99. The number of fused-ring (bicyclic) bond motifs is 3. The molecule has 5 nitrogen and oxygen atoms in total. The molecule has 0 spiro atoms. The lowest BCUT2D eigenvalue weighted by Crippen LogP contribution is -2.23. The number of nitrogens with zero attached hydrogens (tertiary/aromatic N) is 2. The Balaban J connectivity index is 1.66. The minimum Gasteiger partial charge on any atom is -0.508 e. The van der Waals surface area contributed by atoms with Gasteiger partial charge in [0.15, 0.2) is 10.9 Å². The zero-order chi connectivity index (χ0) is 19.0. The van der Waals surface area contributed by atoms with E-state index >= 15 is 0 Å². The molecule has 3 aromatic rings. The third-order valence-electron chi connectivity index (χ3n) is 4.88. The van der Waals surface area contributed by atoms with Gasteiger partial charge in [0.1, 0.15) is 10.6 Å². The second kappa shape index (κ2) is 7.48. The normalized spacial score (nSPS) is 13.7. The van der Waals surface area contributed by atoms with Crippen molar-refractivity contribution in [1.82, 2.24) is 9.55 Å². The molecule has 0 aliphatic heterocycles. The third kappa shape index (κ3) is 3.41. The lowest BCUT2D eigenvalue weighted by Gasteiger charge is -2.12. The van der Waals surface area contributed by atoms with Gasteiger partial charge in [-0.1, -0.05) is 11.8 Å². The monoisotopic (exact) mass is 400 g/mol. The van der Waals surface area contributed by atoms with E-state index in [1.54, 1.807) is 28.0 Å². The standard InChI is InChI=1S/C20H20N2O3S2/c1-2-22-19(25)17-14-5-3-4-6-16(14)27-18(17)21-20(22)26-11-15(24)12-7-9-13(23)10-8-12/h7-10,23H,2-6,11H2,1H3. The molecule has 0 saturated carbocycles. The van der Waals surface area contributed by atoms with E-state index in [0.717, 1.165) is 29.5 Å². The number of aryl methyl sites for hydroxylation is 2. The fourth-order valence-electron chi connectivity index (χ4n) is 3.47. The van der Waals surface area contributed by atoms with Crippen molar-refractivity contribution in [2.45, 2.75) is 44.3 Å². The van der Waals surface area contributed by atoms with E-state index in [2.05, 4.69) is 0 Å². The summed E-state index contributed by atoms with van der Waals surface area (Å²) in [5.74, 6) is 0.281. The average Bonchev–Trinajstić information content (AvgIpc) is 3.05. The van der Waals surface area contributed by atoms with E-state index in [1.807, 2.05) is 6.92 Å². The molecule has 4 rings (SSSR count). The highest BCUT2D eigenvalue weighted by Crippen LogP contribution is 2.34. The third-order valence-corrected chi connectivity index (χ3v) is 7.04. The van der Waals surface area contributed by atoms with Crippen molar-refractivity contribution in [2.75, 3.05) is 5.75 Å². The van der Waals surface area contributed by atoms with Gasteiger partial charge in [0.2, 0.25) is 0 Å². The molecule has 1 aromatic carbocycles. The van der Waals surface area contributed by atoms with Crippen molar-refractivity contribution >= 4 is 39.1 Å². The van der Waals surface area contributed by atoms with Crippen LogP contribution in [0.2, 0.25) is 0 Å². The summed E-state index contributed by atoms with van der Waals surface area (Å²) in [6.45, 7) is 2.46. The van der Waals surface area contributed by atoms with Crippen LogP contribution in [0, 0.1) is 0 Å². The number of aromatic hydroxyl groups is 1. The zero-order valence-corrected chi connectivity index (χ0v) is 16.7. The molecule has 0 unspecified atom stereocenters. The lowest BCUT2D eigenvalue weighted by molar-refractivity contribution is 0.102.